The minimum Gasteiger partial charge on any atom is -0.322 e. The molecule has 5 nitrogen and oxygen atoms in total. The summed E-state index contributed by atoms with van der Waals surface area (Å²) in [6.07, 6.45) is 4.69. The molecule has 1 amide bonds. The molecular formula is C21H24N2O3S. The Morgan fingerprint density at radius 2 is 1.59 bits per heavy atom. The molecular weight excluding hydrogens is 360 g/mol. The van der Waals surface area contributed by atoms with Crippen molar-refractivity contribution in [2.45, 2.75) is 31.1 Å². The number of anilines is 1. The van der Waals surface area contributed by atoms with Crippen LogP contribution in [0.15, 0.2) is 65.1 Å². The van der Waals surface area contributed by atoms with Gasteiger partial charge in [0.2, 0.25) is 10.0 Å². The van der Waals surface area contributed by atoms with Gasteiger partial charge < -0.3 is 5.32 Å². The van der Waals surface area contributed by atoms with Gasteiger partial charge in [-0.1, -0.05) is 36.8 Å². The molecule has 3 rings (SSSR count). The fourth-order valence-electron chi connectivity index (χ4n) is 3.06. The highest BCUT2D eigenvalue weighted by molar-refractivity contribution is 7.89. The number of rotatable bonds is 5. The van der Waals surface area contributed by atoms with E-state index >= 15 is 0 Å². The number of sulfonamides is 1. The number of hydrogen-bond acceptors (Lipinski definition) is 3. The standard InChI is InChI=1S/C21H24N2O3S/c1-17(16-18-8-4-2-5-9-18)21(24)22-19-10-12-20(13-11-19)27(25,26)23-14-6-3-7-15-23/h2,4-5,8-13,16H,3,6-7,14-15H2,1H3,(H,22,24)/b17-16+. The van der Waals surface area contributed by atoms with Gasteiger partial charge in [0.25, 0.3) is 5.91 Å². The summed E-state index contributed by atoms with van der Waals surface area (Å²) < 4.78 is 26.9. The Hall–Kier alpha value is -2.44. The monoisotopic (exact) mass is 384 g/mol. The SMILES string of the molecule is C/C(=C\c1ccccc1)C(=O)Nc1ccc(S(=O)(=O)N2CCCCC2)cc1. The molecule has 0 unspecified atom stereocenters. The van der Waals surface area contributed by atoms with Crippen molar-refractivity contribution in [3.05, 3.63) is 65.7 Å². The Labute approximate surface area is 160 Å². The highest BCUT2D eigenvalue weighted by atomic mass is 32.2. The molecule has 0 saturated carbocycles. The van der Waals surface area contributed by atoms with Gasteiger partial charge in [0, 0.05) is 24.4 Å². The lowest BCUT2D eigenvalue weighted by molar-refractivity contribution is -0.112. The van der Waals surface area contributed by atoms with Crippen LogP contribution in [0.25, 0.3) is 6.08 Å². The third-order valence-corrected chi connectivity index (χ3v) is 6.52. The van der Waals surface area contributed by atoms with Crippen LogP contribution in [-0.4, -0.2) is 31.7 Å². The van der Waals surface area contributed by atoms with Gasteiger partial charge in [0.05, 0.1) is 4.90 Å². The average molecular weight is 385 g/mol. The van der Waals surface area contributed by atoms with E-state index < -0.39 is 10.0 Å². The van der Waals surface area contributed by atoms with Gasteiger partial charge in [-0.3, -0.25) is 4.79 Å². The Bertz CT molecular complexity index is 914. The second-order valence-corrected chi connectivity index (χ2v) is 8.62. The fraction of sp³-hybridized carbons (Fsp3) is 0.286. The van der Waals surface area contributed by atoms with E-state index in [2.05, 4.69) is 5.32 Å². The van der Waals surface area contributed by atoms with E-state index in [4.69, 9.17) is 0 Å². The molecule has 2 aromatic rings. The summed E-state index contributed by atoms with van der Waals surface area (Å²) >= 11 is 0. The molecule has 1 aliphatic rings. The number of hydrogen-bond donors (Lipinski definition) is 1. The quantitative estimate of drug-likeness (QED) is 0.795. The molecule has 0 aromatic heterocycles. The highest BCUT2D eigenvalue weighted by Crippen LogP contribution is 2.22. The van der Waals surface area contributed by atoms with Crippen LogP contribution >= 0.6 is 0 Å². The smallest absolute Gasteiger partial charge is 0.251 e. The van der Waals surface area contributed by atoms with E-state index in [0.717, 1.165) is 24.8 Å². The second-order valence-electron chi connectivity index (χ2n) is 6.68. The summed E-state index contributed by atoms with van der Waals surface area (Å²) in [7, 11) is -3.46. The lowest BCUT2D eigenvalue weighted by atomic mass is 10.1. The zero-order chi connectivity index (χ0) is 19.3. The van der Waals surface area contributed by atoms with Crippen LogP contribution in [0, 0.1) is 0 Å². The molecule has 0 bridgehead atoms. The molecule has 2 aromatic carbocycles. The van der Waals surface area contributed by atoms with E-state index in [9.17, 15) is 13.2 Å². The largest absolute Gasteiger partial charge is 0.322 e. The first kappa shape index (κ1) is 19.3. The average Bonchev–Trinajstić information content (AvgIpc) is 2.70. The van der Waals surface area contributed by atoms with Gasteiger partial charge in [0.1, 0.15) is 0 Å². The molecule has 0 aliphatic carbocycles. The van der Waals surface area contributed by atoms with Crippen molar-refractivity contribution >= 4 is 27.7 Å². The van der Waals surface area contributed by atoms with Crippen molar-refractivity contribution in [1.82, 2.24) is 4.31 Å². The lowest BCUT2D eigenvalue weighted by Gasteiger charge is -2.25. The van der Waals surface area contributed by atoms with Gasteiger partial charge in [-0.15, -0.1) is 0 Å². The molecule has 27 heavy (non-hydrogen) atoms. The number of carbonyl (C=O) groups is 1. The first-order valence-electron chi connectivity index (χ1n) is 9.12. The van der Waals surface area contributed by atoms with Gasteiger partial charge in [0.15, 0.2) is 0 Å². The van der Waals surface area contributed by atoms with E-state index in [-0.39, 0.29) is 10.8 Å². The summed E-state index contributed by atoms with van der Waals surface area (Å²) in [5.41, 5.74) is 2.10. The fourth-order valence-corrected chi connectivity index (χ4v) is 4.58. The predicted octanol–water partition coefficient (Wildman–Crippen LogP) is 3.90. The third kappa shape index (κ3) is 4.84. The van der Waals surface area contributed by atoms with Crippen LogP contribution in [0.3, 0.4) is 0 Å². The Morgan fingerprint density at radius 3 is 2.22 bits per heavy atom. The maximum atomic E-state index is 12.7. The van der Waals surface area contributed by atoms with Gasteiger partial charge in [-0.2, -0.15) is 4.31 Å². The van der Waals surface area contributed by atoms with Gasteiger partial charge in [-0.25, -0.2) is 8.42 Å². The van der Waals surface area contributed by atoms with Crippen molar-refractivity contribution in [2.75, 3.05) is 18.4 Å². The summed E-state index contributed by atoms with van der Waals surface area (Å²) in [5, 5.41) is 2.80. The van der Waals surface area contributed by atoms with Gasteiger partial charge >= 0.3 is 0 Å². The van der Waals surface area contributed by atoms with Crippen LogP contribution in [0.1, 0.15) is 31.7 Å². The van der Waals surface area contributed by atoms with Crippen LogP contribution < -0.4 is 5.32 Å². The molecule has 6 heteroatoms. The number of nitrogens with one attached hydrogen (secondary N) is 1. The van der Waals surface area contributed by atoms with Crippen LogP contribution in [0.4, 0.5) is 5.69 Å². The van der Waals surface area contributed by atoms with E-state index in [1.807, 2.05) is 36.4 Å². The Kier molecular flexibility index (Phi) is 6.08. The maximum absolute atomic E-state index is 12.7. The number of piperidine rings is 1. The maximum Gasteiger partial charge on any atom is 0.251 e. The molecule has 1 aliphatic heterocycles. The summed E-state index contributed by atoms with van der Waals surface area (Å²) in [4.78, 5) is 12.6. The zero-order valence-electron chi connectivity index (χ0n) is 15.4. The van der Waals surface area contributed by atoms with Crippen molar-refractivity contribution < 1.29 is 13.2 Å². The number of benzene rings is 2. The number of amides is 1. The first-order valence-corrected chi connectivity index (χ1v) is 10.6. The molecule has 1 saturated heterocycles. The Balaban J connectivity index is 1.68. The summed E-state index contributed by atoms with van der Waals surface area (Å²) in [5.74, 6) is -0.217. The van der Waals surface area contributed by atoms with Crippen molar-refractivity contribution in [2.24, 2.45) is 0 Å². The van der Waals surface area contributed by atoms with E-state index in [0.29, 0.717) is 24.4 Å². The van der Waals surface area contributed by atoms with Crippen LogP contribution in [0.5, 0.6) is 0 Å². The number of nitrogens with zero attached hydrogens (tertiary/aromatic N) is 1. The summed E-state index contributed by atoms with van der Waals surface area (Å²) in [6.45, 7) is 2.89. The Morgan fingerprint density at radius 1 is 0.963 bits per heavy atom. The topological polar surface area (TPSA) is 66.5 Å². The van der Waals surface area contributed by atoms with E-state index in [1.54, 1.807) is 31.2 Å². The molecule has 0 radical (unpaired) electrons. The van der Waals surface area contributed by atoms with Crippen LogP contribution in [0.2, 0.25) is 0 Å². The highest BCUT2D eigenvalue weighted by Gasteiger charge is 2.25. The molecule has 0 atom stereocenters. The molecule has 142 valence electrons. The molecule has 1 fully saturated rings. The van der Waals surface area contributed by atoms with Crippen molar-refractivity contribution in [3.8, 4) is 0 Å². The van der Waals surface area contributed by atoms with Crippen molar-refractivity contribution in [1.29, 1.82) is 0 Å². The summed E-state index contributed by atoms with van der Waals surface area (Å²) in [6, 6.07) is 16.0. The van der Waals surface area contributed by atoms with Crippen molar-refractivity contribution in [3.63, 3.8) is 0 Å². The minimum atomic E-state index is -3.46. The predicted molar refractivity (Wildman–Crippen MR) is 108 cm³/mol. The third-order valence-electron chi connectivity index (χ3n) is 4.61. The minimum absolute atomic E-state index is 0.217. The molecule has 1 heterocycles. The number of carbonyl (C=O) groups excluding carboxylic acids is 1. The normalized spacial score (nSPS) is 16.1. The lowest BCUT2D eigenvalue weighted by Crippen LogP contribution is -2.35. The zero-order valence-corrected chi connectivity index (χ0v) is 16.2. The molecule has 1 N–H and O–H groups in total. The van der Waals surface area contributed by atoms with Gasteiger partial charge in [-0.05, 0) is 55.7 Å². The molecule has 0 spiro atoms. The first-order chi connectivity index (χ1) is 13.0. The van der Waals surface area contributed by atoms with Crippen LogP contribution in [-0.2, 0) is 14.8 Å². The second kappa shape index (κ2) is 8.50. The van der Waals surface area contributed by atoms with E-state index in [1.165, 1.54) is 4.31 Å².